The number of piperazine rings is 1. The highest BCUT2D eigenvalue weighted by Gasteiger charge is 2.32. The van der Waals surface area contributed by atoms with Gasteiger partial charge in [-0.2, -0.15) is 13.2 Å². The SMILES string of the molecule is CS(=O)(=O)Nc1cccc(N2CCN(Cc3cn(-c4ccc(C(F)(F)F)nc4)nn3)CC2)c1. The van der Waals surface area contributed by atoms with Crippen LogP contribution >= 0.6 is 0 Å². The third-order valence-corrected chi connectivity index (χ3v) is 5.72. The van der Waals surface area contributed by atoms with E-state index in [2.05, 4.69) is 29.8 Å². The van der Waals surface area contributed by atoms with Crippen molar-refractivity contribution in [2.75, 3.05) is 42.1 Å². The Hall–Kier alpha value is -3.19. The average Bonchev–Trinajstić information content (AvgIpc) is 3.21. The molecule has 2 aromatic heterocycles. The zero-order chi connectivity index (χ0) is 23.6. The van der Waals surface area contributed by atoms with E-state index in [1.165, 1.54) is 10.7 Å². The number of rotatable bonds is 6. The number of alkyl halides is 3. The maximum atomic E-state index is 12.7. The Kier molecular flexibility index (Phi) is 6.26. The van der Waals surface area contributed by atoms with Gasteiger partial charge in [-0.15, -0.1) is 5.10 Å². The molecule has 0 aliphatic carbocycles. The number of sulfonamides is 1. The van der Waals surface area contributed by atoms with Crippen molar-refractivity contribution in [3.63, 3.8) is 0 Å². The predicted octanol–water partition coefficient (Wildman–Crippen LogP) is 2.37. The summed E-state index contributed by atoms with van der Waals surface area (Å²) in [4.78, 5) is 7.82. The quantitative estimate of drug-likeness (QED) is 0.578. The van der Waals surface area contributed by atoms with Crippen LogP contribution in [0.3, 0.4) is 0 Å². The van der Waals surface area contributed by atoms with E-state index in [0.717, 1.165) is 50.4 Å². The molecule has 1 saturated heterocycles. The average molecular weight is 482 g/mol. The lowest BCUT2D eigenvalue weighted by atomic mass is 10.2. The Labute approximate surface area is 188 Å². The van der Waals surface area contributed by atoms with Crippen LogP contribution in [0.2, 0.25) is 0 Å². The minimum Gasteiger partial charge on any atom is -0.369 e. The van der Waals surface area contributed by atoms with Gasteiger partial charge in [0.1, 0.15) is 5.69 Å². The lowest BCUT2D eigenvalue weighted by molar-refractivity contribution is -0.141. The van der Waals surface area contributed by atoms with Gasteiger partial charge in [-0.05, 0) is 30.3 Å². The van der Waals surface area contributed by atoms with Crippen LogP contribution in [0.5, 0.6) is 0 Å². The fourth-order valence-corrected chi connectivity index (χ4v) is 4.11. The van der Waals surface area contributed by atoms with E-state index in [4.69, 9.17) is 0 Å². The first kappa shape index (κ1) is 23.0. The van der Waals surface area contributed by atoms with Crippen LogP contribution in [0.1, 0.15) is 11.4 Å². The second-order valence-electron chi connectivity index (χ2n) is 7.74. The number of aromatic nitrogens is 4. The molecular weight excluding hydrogens is 459 g/mol. The van der Waals surface area contributed by atoms with Crippen molar-refractivity contribution in [1.82, 2.24) is 24.9 Å². The standard InChI is InChI=1S/C20H22F3N7O2S/c1-33(31,32)26-15-3-2-4-17(11-15)29-9-7-28(8-10-29)13-16-14-30(27-25-16)18-5-6-19(24-12-18)20(21,22)23/h2-6,11-12,14,26H,7-10,13H2,1H3. The molecule has 13 heteroatoms. The molecule has 0 saturated carbocycles. The maximum absolute atomic E-state index is 12.7. The molecular formula is C20H22F3N7O2S. The zero-order valence-electron chi connectivity index (χ0n) is 17.7. The van der Waals surface area contributed by atoms with Crippen molar-refractivity contribution in [3.8, 4) is 5.69 Å². The third-order valence-electron chi connectivity index (χ3n) is 5.12. The number of hydrogen-bond acceptors (Lipinski definition) is 7. The molecule has 9 nitrogen and oxygen atoms in total. The molecule has 0 bridgehead atoms. The van der Waals surface area contributed by atoms with Gasteiger partial charge in [-0.3, -0.25) is 9.62 Å². The Morgan fingerprint density at radius 2 is 1.82 bits per heavy atom. The summed E-state index contributed by atoms with van der Waals surface area (Å²) in [5, 5.41) is 8.12. The second kappa shape index (κ2) is 8.98. The molecule has 0 unspecified atom stereocenters. The van der Waals surface area contributed by atoms with Crippen LogP contribution < -0.4 is 9.62 Å². The van der Waals surface area contributed by atoms with Gasteiger partial charge in [0, 0.05) is 38.4 Å². The molecule has 3 aromatic rings. The van der Waals surface area contributed by atoms with Crippen LogP contribution in [-0.2, 0) is 22.7 Å². The van der Waals surface area contributed by atoms with Gasteiger partial charge in [0.2, 0.25) is 10.0 Å². The van der Waals surface area contributed by atoms with Gasteiger partial charge < -0.3 is 4.90 Å². The van der Waals surface area contributed by atoms with Gasteiger partial charge >= 0.3 is 6.18 Å². The molecule has 0 atom stereocenters. The monoisotopic (exact) mass is 481 g/mol. The van der Waals surface area contributed by atoms with Crippen LogP contribution in [-0.4, -0.2) is 65.7 Å². The Morgan fingerprint density at radius 3 is 2.45 bits per heavy atom. The predicted molar refractivity (Wildman–Crippen MR) is 117 cm³/mol. The number of nitrogens with one attached hydrogen (secondary N) is 1. The largest absolute Gasteiger partial charge is 0.433 e. The molecule has 1 N–H and O–H groups in total. The lowest BCUT2D eigenvalue weighted by Crippen LogP contribution is -2.46. The Morgan fingerprint density at radius 1 is 1.06 bits per heavy atom. The van der Waals surface area contributed by atoms with Crippen LogP contribution in [0, 0.1) is 0 Å². The van der Waals surface area contributed by atoms with E-state index in [9.17, 15) is 21.6 Å². The molecule has 0 spiro atoms. The molecule has 1 aliphatic rings. The van der Waals surface area contributed by atoms with Crippen molar-refractivity contribution in [2.45, 2.75) is 12.7 Å². The number of anilines is 2. The number of benzene rings is 1. The first-order valence-corrected chi connectivity index (χ1v) is 12.0. The summed E-state index contributed by atoms with van der Waals surface area (Å²) in [6.45, 7) is 3.58. The lowest BCUT2D eigenvalue weighted by Gasteiger charge is -2.35. The molecule has 0 amide bonds. The summed E-state index contributed by atoms with van der Waals surface area (Å²) in [5.74, 6) is 0. The minimum atomic E-state index is -4.49. The highest BCUT2D eigenvalue weighted by molar-refractivity contribution is 7.92. The Balaban J connectivity index is 1.34. The van der Waals surface area contributed by atoms with Gasteiger partial charge in [0.05, 0.1) is 35.7 Å². The van der Waals surface area contributed by atoms with Gasteiger partial charge in [-0.1, -0.05) is 11.3 Å². The zero-order valence-corrected chi connectivity index (χ0v) is 18.5. The van der Waals surface area contributed by atoms with Crippen molar-refractivity contribution >= 4 is 21.4 Å². The molecule has 1 aromatic carbocycles. The third kappa shape index (κ3) is 5.99. The van der Waals surface area contributed by atoms with Crippen molar-refractivity contribution < 1.29 is 21.6 Å². The normalized spacial score (nSPS) is 15.6. The smallest absolute Gasteiger partial charge is 0.369 e. The van der Waals surface area contributed by atoms with Crippen LogP contribution in [0.4, 0.5) is 24.5 Å². The van der Waals surface area contributed by atoms with Gasteiger partial charge in [-0.25, -0.2) is 18.1 Å². The second-order valence-corrected chi connectivity index (χ2v) is 9.49. The highest BCUT2D eigenvalue weighted by Crippen LogP contribution is 2.27. The minimum absolute atomic E-state index is 0.397. The summed E-state index contributed by atoms with van der Waals surface area (Å²) in [6.07, 6.45) is -0.577. The molecule has 1 fully saturated rings. The molecule has 0 radical (unpaired) electrons. The van der Waals surface area contributed by atoms with E-state index in [1.54, 1.807) is 18.3 Å². The van der Waals surface area contributed by atoms with Crippen molar-refractivity contribution in [3.05, 3.63) is 60.2 Å². The summed E-state index contributed by atoms with van der Waals surface area (Å²) in [7, 11) is -3.34. The fraction of sp³-hybridized carbons (Fsp3) is 0.350. The van der Waals surface area contributed by atoms with Crippen molar-refractivity contribution in [1.29, 1.82) is 0 Å². The highest BCUT2D eigenvalue weighted by atomic mass is 32.2. The molecule has 33 heavy (non-hydrogen) atoms. The summed E-state index contributed by atoms with van der Waals surface area (Å²) >= 11 is 0. The molecule has 1 aliphatic heterocycles. The van der Waals surface area contributed by atoms with Crippen molar-refractivity contribution in [2.24, 2.45) is 0 Å². The van der Waals surface area contributed by atoms with E-state index in [-0.39, 0.29) is 0 Å². The molecule has 3 heterocycles. The summed E-state index contributed by atoms with van der Waals surface area (Å²) < 4.78 is 64.8. The maximum Gasteiger partial charge on any atom is 0.433 e. The topological polar surface area (TPSA) is 96.2 Å². The number of pyridine rings is 1. The number of nitrogens with zero attached hydrogens (tertiary/aromatic N) is 6. The van der Waals surface area contributed by atoms with Gasteiger partial charge in [0.15, 0.2) is 0 Å². The molecule has 4 rings (SSSR count). The Bertz CT molecular complexity index is 1200. The summed E-state index contributed by atoms with van der Waals surface area (Å²) in [5.41, 5.74) is 1.59. The van der Waals surface area contributed by atoms with E-state index < -0.39 is 21.9 Å². The number of hydrogen-bond donors (Lipinski definition) is 1. The first-order chi connectivity index (χ1) is 15.6. The molecule has 176 valence electrons. The van der Waals surface area contributed by atoms with E-state index in [1.807, 2.05) is 12.1 Å². The fourth-order valence-electron chi connectivity index (χ4n) is 3.56. The van der Waals surface area contributed by atoms with E-state index in [0.29, 0.717) is 23.6 Å². The van der Waals surface area contributed by atoms with Gasteiger partial charge in [0.25, 0.3) is 0 Å². The number of halogens is 3. The van der Waals surface area contributed by atoms with E-state index >= 15 is 0 Å². The van der Waals surface area contributed by atoms with Crippen LogP contribution in [0.25, 0.3) is 5.69 Å². The summed E-state index contributed by atoms with van der Waals surface area (Å²) in [6, 6.07) is 9.48. The van der Waals surface area contributed by atoms with Crippen LogP contribution in [0.15, 0.2) is 48.8 Å². The first-order valence-electron chi connectivity index (χ1n) is 10.1.